The maximum absolute atomic E-state index is 11.1. The average molecular weight is 212 g/mol. The molecule has 4 nitrogen and oxygen atoms in total. The summed E-state index contributed by atoms with van der Waals surface area (Å²) in [6, 6.07) is 0. The Bertz CT molecular complexity index is 240. The Balaban J connectivity index is 4.70. The summed E-state index contributed by atoms with van der Waals surface area (Å²) < 4.78 is 10.0. The number of carbonyl (C=O) groups is 2. The second-order valence-electron chi connectivity index (χ2n) is 2.87. The van der Waals surface area contributed by atoms with Crippen molar-refractivity contribution < 1.29 is 19.1 Å². The molecule has 0 fully saturated rings. The molecule has 0 amide bonds. The van der Waals surface area contributed by atoms with Crippen molar-refractivity contribution >= 4 is 11.9 Å². The van der Waals surface area contributed by atoms with Gasteiger partial charge in [-0.2, -0.15) is 0 Å². The molecule has 0 N–H and O–H groups in total. The summed E-state index contributed by atoms with van der Waals surface area (Å²) in [5.74, 6) is -2.44. The summed E-state index contributed by atoms with van der Waals surface area (Å²) in [5.41, 5.74) is 0. The van der Waals surface area contributed by atoms with Crippen LogP contribution in [0.2, 0.25) is 0 Å². The highest BCUT2D eigenvalue weighted by Crippen LogP contribution is 2.23. The molecule has 0 aromatic heterocycles. The molecule has 0 heterocycles. The smallest absolute Gasteiger partial charge is 0.333 e. The zero-order valence-electron chi connectivity index (χ0n) is 9.12. The SMILES string of the molecule is C=CC(=O)OC(CC)(CC)OC(=O)C=C. The van der Waals surface area contributed by atoms with E-state index in [9.17, 15) is 9.59 Å². The van der Waals surface area contributed by atoms with E-state index in [0.717, 1.165) is 12.2 Å². The van der Waals surface area contributed by atoms with Crippen molar-refractivity contribution in [3.8, 4) is 0 Å². The van der Waals surface area contributed by atoms with Gasteiger partial charge < -0.3 is 9.47 Å². The monoisotopic (exact) mass is 212 g/mol. The normalized spacial score (nSPS) is 10.3. The first kappa shape index (κ1) is 13.4. The summed E-state index contributed by atoms with van der Waals surface area (Å²) in [6.45, 7) is 10.1. The van der Waals surface area contributed by atoms with Crippen molar-refractivity contribution in [2.75, 3.05) is 0 Å². The fraction of sp³-hybridized carbons (Fsp3) is 0.455. The highest BCUT2D eigenvalue weighted by Gasteiger charge is 2.33. The van der Waals surface area contributed by atoms with E-state index in [-0.39, 0.29) is 0 Å². The predicted molar refractivity (Wildman–Crippen MR) is 55.9 cm³/mol. The third kappa shape index (κ3) is 3.97. The van der Waals surface area contributed by atoms with Crippen LogP contribution in [0.5, 0.6) is 0 Å². The molecule has 0 aliphatic carbocycles. The lowest BCUT2D eigenvalue weighted by Crippen LogP contribution is -2.38. The molecule has 0 unspecified atom stereocenters. The molecule has 15 heavy (non-hydrogen) atoms. The van der Waals surface area contributed by atoms with E-state index in [1.165, 1.54) is 0 Å². The minimum absolute atomic E-state index is 0.378. The second-order valence-corrected chi connectivity index (χ2v) is 2.87. The van der Waals surface area contributed by atoms with Crippen LogP contribution < -0.4 is 0 Å². The molecule has 4 heteroatoms. The molecule has 0 aliphatic rings. The molecule has 84 valence electrons. The van der Waals surface area contributed by atoms with Crippen molar-refractivity contribution in [1.29, 1.82) is 0 Å². The van der Waals surface area contributed by atoms with Crippen molar-refractivity contribution in [3.05, 3.63) is 25.3 Å². The number of ether oxygens (including phenoxy) is 2. The van der Waals surface area contributed by atoms with Gasteiger partial charge in [-0.3, -0.25) is 0 Å². The maximum atomic E-state index is 11.1. The van der Waals surface area contributed by atoms with E-state index in [4.69, 9.17) is 9.47 Å². The van der Waals surface area contributed by atoms with Gasteiger partial charge in [-0.05, 0) is 0 Å². The maximum Gasteiger partial charge on any atom is 0.333 e. The minimum Gasteiger partial charge on any atom is -0.419 e. The topological polar surface area (TPSA) is 52.6 Å². The van der Waals surface area contributed by atoms with Gasteiger partial charge in [0.1, 0.15) is 0 Å². The van der Waals surface area contributed by atoms with Gasteiger partial charge in [0.25, 0.3) is 5.79 Å². The first-order chi connectivity index (χ1) is 7.03. The standard InChI is InChI=1S/C11H16O4/c1-5-9(12)14-11(7-3,8-4)15-10(13)6-2/h5-6H,1-2,7-8H2,3-4H3. The van der Waals surface area contributed by atoms with E-state index in [0.29, 0.717) is 12.8 Å². The zero-order valence-corrected chi connectivity index (χ0v) is 9.12. The van der Waals surface area contributed by atoms with Crippen LogP contribution in [0.25, 0.3) is 0 Å². The predicted octanol–water partition coefficient (Wildman–Crippen LogP) is 1.96. The summed E-state index contributed by atoms with van der Waals surface area (Å²) in [7, 11) is 0. The Labute approximate surface area is 89.6 Å². The number of hydrogen-bond donors (Lipinski definition) is 0. The van der Waals surface area contributed by atoms with Crippen LogP contribution in [0.4, 0.5) is 0 Å². The molecular formula is C11H16O4. The van der Waals surface area contributed by atoms with Crippen LogP contribution in [0.1, 0.15) is 26.7 Å². The Morgan fingerprint density at radius 1 is 1.07 bits per heavy atom. The molecule has 0 atom stereocenters. The summed E-state index contributed by atoms with van der Waals surface area (Å²) in [5, 5.41) is 0. The van der Waals surface area contributed by atoms with E-state index in [2.05, 4.69) is 13.2 Å². The van der Waals surface area contributed by atoms with Crippen LogP contribution in [0, 0.1) is 0 Å². The number of hydrogen-bond acceptors (Lipinski definition) is 4. The Hall–Kier alpha value is -1.58. The molecule has 0 aromatic rings. The first-order valence-corrected chi connectivity index (χ1v) is 4.74. The van der Waals surface area contributed by atoms with Crippen LogP contribution >= 0.6 is 0 Å². The van der Waals surface area contributed by atoms with Gasteiger partial charge >= 0.3 is 11.9 Å². The van der Waals surface area contributed by atoms with E-state index in [1.54, 1.807) is 13.8 Å². The van der Waals surface area contributed by atoms with Gasteiger partial charge in [0.2, 0.25) is 0 Å². The second kappa shape index (κ2) is 6.01. The highest BCUT2D eigenvalue weighted by atomic mass is 16.7. The molecule has 0 aromatic carbocycles. The lowest BCUT2D eigenvalue weighted by molar-refractivity contribution is -0.224. The third-order valence-electron chi connectivity index (χ3n) is 1.98. The highest BCUT2D eigenvalue weighted by molar-refractivity contribution is 5.83. The van der Waals surface area contributed by atoms with Crippen LogP contribution in [-0.2, 0) is 19.1 Å². The lowest BCUT2D eigenvalue weighted by Gasteiger charge is -2.29. The van der Waals surface area contributed by atoms with Gasteiger partial charge in [-0.1, -0.05) is 27.0 Å². The largest absolute Gasteiger partial charge is 0.419 e. The summed E-state index contributed by atoms with van der Waals surface area (Å²) >= 11 is 0. The molecule has 0 bridgehead atoms. The van der Waals surface area contributed by atoms with Crippen molar-refractivity contribution in [2.45, 2.75) is 32.5 Å². The Morgan fingerprint density at radius 3 is 1.60 bits per heavy atom. The van der Waals surface area contributed by atoms with Gasteiger partial charge in [0, 0.05) is 25.0 Å². The van der Waals surface area contributed by atoms with E-state index in [1.807, 2.05) is 0 Å². The number of carbonyl (C=O) groups excluding carboxylic acids is 2. The molecule has 0 saturated carbocycles. The van der Waals surface area contributed by atoms with Crippen LogP contribution in [0.15, 0.2) is 25.3 Å². The molecule has 0 spiro atoms. The number of esters is 2. The Kier molecular flexibility index (Phi) is 5.37. The lowest BCUT2D eigenvalue weighted by atomic mass is 10.1. The first-order valence-electron chi connectivity index (χ1n) is 4.74. The molecule has 0 aliphatic heterocycles. The van der Waals surface area contributed by atoms with Crippen molar-refractivity contribution in [2.24, 2.45) is 0 Å². The van der Waals surface area contributed by atoms with E-state index < -0.39 is 17.7 Å². The summed E-state index contributed by atoms with van der Waals surface area (Å²) in [4.78, 5) is 22.1. The van der Waals surface area contributed by atoms with E-state index >= 15 is 0 Å². The Morgan fingerprint density at radius 2 is 1.40 bits per heavy atom. The summed E-state index contributed by atoms with van der Waals surface area (Å²) in [6.07, 6.45) is 2.81. The van der Waals surface area contributed by atoms with Gasteiger partial charge in [-0.15, -0.1) is 0 Å². The average Bonchev–Trinajstić information content (AvgIpc) is 2.27. The zero-order chi connectivity index (χ0) is 11.9. The van der Waals surface area contributed by atoms with Crippen molar-refractivity contribution in [3.63, 3.8) is 0 Å². The fourth-order valence-corrected chi connectivity index (χ4v) is 1.01. The van der Waals surface area contributed by atoms with Gasteiger partial charge in [0.15, 0.2) is 0 Å². The minimum atomic E-state index is -1.21. The van der Waals surface area contributed by atoms with Gasteiger partial charge in [-0.25, -0.2) is 9.59 Å². The van der Waals surface area contributed by atoms with Gasteiger partial charge in [0.05, 0.1) is 0 Å². The fourth-order valence-electron chi connectivity index (χ4n) is 1.01. The quantitative estimate of drug-likeness (QED) is 0.383. The van der Waals surface area contributed by atoms with Crippen LogP contribution in [-0.4, -0.2) is 17.7 Å². The molecular weight excluding hydrogens is 196 g/mol. The van der Waals surface area contributed by atoms with Crippen molar-refractivity contribution in [1.82, 2.24) is 0 Å². The molecule has 0 radical (unpaired) electrons. The molecule has 0 rings (SSSR count). The number of rotatable bonds is 6. The third-order valence-corrected chi connectivity index (χ3v) is 1.98. The molecule has 0 saturated heterocycles. The van der Waals surface area contributed by atoms with Crippen LogP contribution in [0.3, 0.4) is 0 Å².